The van der Waals surface area contributed by atoms with Gasteiger partial charge in [-0.2, -0.15) is 4.31 Å². The van der Waals surface area contributed by atoms with E-state index in [0.717, 1.165) is 21.6 Å². The fraction of sp³-hybridized carbons (Fsp3) is 0.650. The number of nitrogens with zero attached hydrogens (tertiary/aromatic N) is 1. The van der Waals surface area contributed by atoms with Crippen molar-refractivity contribution in [2.75, 3.05) is 32.7 Å². The van der Waals surface area contributed by atoms with Gasteiger partial charge in [0.05, 0.1) is 31.1 Å². The Morgan fingerprint density at radius 2 is 1.63 bits per heavy atom. The molecule has 0 spiro atoms. The number of carbonyl (C=O) groups is 1. The van der Waals surface area contributed by atoms with Crippen molar-refractivity contribution in [1.29, 1.82) is 0 Å². The number of hydrogen-bond donors (Lipinski definition) is 2. The van der Waals surface area contributed by atoms with Gasteiger partial charge in [0.2, 0.25) is 10.0 Å². The van der Waals surface area contributed by atoms with Crippen LogP contribution in [0.4, 0.5) is 0 Å². The monoisotopic (exact) mass is 396 g/mol. The summed E-state index contributed by atoms with van der Waals surface area (Å²) in [5, 5.41) is 3.02. The molecule has 0 aliphatic carbocycles. The molecule has 0 bridgehead atoms. The molecule has 0 saturated carbocycles. The van der Waals surface area contributed by atoms with Crippen LogP contribution in [0.25, 0.3) is 0 Å². The number of quaternary nitrogens is 1. The van der Waals surface area contributed by atoms with Crippen LogP contribution in [-0.4, -0.2) is 57.4 Å². The Morgan fingerprint density at radius 1 is 1.11 bits per heavy atom. The summed E-state index contributed by atoms with van der Waals surface area (Å²) in [5.74, 6) is 0.430. The van der Waals surface area contributed by atoms with Crippen LogP contribution in [-0.2, 0) is 14.8 Å². The third-order valence-corrected chi connectivity index (χ3v) is 7.64. The van der Waals surface area contributed by atoms with Crippen LogP contribution in [0.1, 0.15) is 37.5 Å². The van der Waals surface area contributed by atoms with Crippen LogP contribution in [0.2, 0.25) is 0 Å². The molecule has 1 amide bonds. The molecule has 152 valence electrons. The molecule has 1 aromatic rings. The van der Waals surface area contributed by atoms with Gasteiger partial charge in [0.1, 0.15) is 0 Å². The van der Waals surface area contributed by atoms with Crippen LogP contribution < -0.4 is 10.2 Å². The third kappa shape index (κ3) is 5.30. The number of rotatable bonds is 6. The highest BCUT2D eigenvalue weighted by Gasteiger charge is 2.33. The predicted octanol–water partition coefficient (Wildman–Crippen LogP) is 0.662. The average molecular weight is 397 g/mol. The first-order valence-electron chi connectivity index (χ1n) is 9.73. The van der Waals surface area contributed by atoms with E-state index in [2.05, 4.69) is 19.2 Å². The predicted molar refractivity (Wildman–Crippen MR) is 107 cm³/mol. The molecule has 1 aliphatic heterocycles. The second-order valence-corrected chi connectivity index (χ2v) is 10.0. The zero-order chi connectivity index (χ0) is 20.4. The number of piperazine rings is 1. The van der Waals surface area contributed by atoms with Gasteiger partial charge in [0.25, 0.3) is 5.91 Å². The molecule has 6 nitrogen and oxygen atoms in total. The van der Waals surface area contributed by atoms with Crippen molar-refractivity contribution in [3.05, 3.63) is 28.8 Å². The second kappa shape index (κ2) is 8.71. The maximum atomic E-state index is 13.1. The van der Waals surface area contributed by atoms with E-state index in [4.69, 9.17) is 0 Å². The smallest absolute Gasteiger partial charge is 0.275 e. The molecule has 1 aromatic carbocycles. The maximum Gasteiger partial charge on any atom is 0.275 e. The summed E-state index contributed by atoms with van der Waals surface area (Å²) in [7, 11) is -3.50. The lowest BCUT2D eigenvalue weighted by Crippen LogP contribution is -3.15. The lowest BCUT2D eigenvalue weighted by molar-refractivity contribution is -0.895. The molecule has 1 heterocycles. The molecule has 2 N–H and O–H groups in total. The minimum absolute atomic E-state index is 0.0349. The lowest BCUT2D eigenvalue weighted by atomic mass is 10.1. The number of sulfonamides is 1. The van der Waals surface area contributed by atoms with Gasteiger partial charge < -0.3 is 10.2 Å². The zero-order valence-electron chi connectivity index (χ0n) is 17.4. The van der Waals surface area contributed by atoms with Gasteiger partial charge in [-0.3, -0.25) is 4.79 Å². The first-order valence-corrected chi connectivity index (χ1v) is 11.2. The molecule has 1 atom stereocenters. The van der Waals surface area contributed by atoms with Crippen molar-refractivity contribution in [3.8, 4) is 0 Å². The van der Waals surface area contributed by atoms with E-state index in [1.165, 1.54) is 0 Å². The molecule has 0 aromatic heterocycles. The Balaban J connectivity index is 2.00. The summed E-state index contributed by atoms with van der Waals surface area (Å²) in [4.78, 5) is 13.7. The van der Waals surface area contributed by atoms with Crippen molar-refractivity contribution < 1.29 is 18.1 Å². The molecule has 0 unspecified atom stereocenters. The molecule has 2 rings (SSSR count). The number of nitrogens with one attached hydrogen (secondary N) is 2. The van der Waals surface area contributed by atoms with Gasteiger partial charge in [-0.05, 0) is 44.7 Å². The average Bonchev–Trinajstić information content (AvgIpc) is 2.53. The number of aryl methyl sites for hydroxylation is 3. The topological polar surface area (TPSA) is 70.9 Å². The van der Waals surface area contributed by atoms with E-state index >= 15 is 0 Å². The maximum absolute atomic E-state index is 13.1. The summed E-state index contributed by atoms with van der Waals surface area (Å²) >= 11 is 0. The summed E-state index contributed by atoms with van der Waals surface area (Å²) in [6.07, 6.45) is 0. The Bertz CT molecular complexity index is 759. The number of hydrogen-bond acceptors (Lipinski definition) is 3. The van der Waals surface area contributed by atoms with E-state index in [1.54, 1.807) is 4.31 Å². The molecular weight excluding hydrogens is 362 g/mol. The number of carbonyl (C=O) groups excluding carboxylic acids is 1. The normalized spacial score (nSPS) is 17.9. The van der Waals surface area contributed by atoms with E-state index < -0.39 is 10.0 Å². The first-order chi connectivity index (χ1) is 12.5. The van der Waals surface area contributed by atoms with Crippen molar-refractivity contribution in [2.24, 2.45) is 5.92 Å². The van der Waals surface area contributed by atoms with Crippen molar-refractivity contribution >= 4 is 15.9 Å². The van der Waals surface area contributed by atoms with Gasteiger partial charge in [-0.15, -0.1) is 0 Å². The Labute approximate surface area is 164 Å². The van der Waals surface area contributed by atoms with Gasteiger partial charge >= 0.3 is 0 Å². The minimum Gasteiger partial charge on any atom is -0.348 e. The van der Waals surface area contributed by atoms with Crippen LogP contribution in [0.15, 0.2) is 17.0 Å². The summed E-state index contributed by atoms with van der Waals surface area (Å²) in [6, 6.07) is 3.98. The summed E-state index contributed by atoms with van der Waals surface area (Å²) in [6.45, 7) is 14.4. The van der Waals surface area contributed by atoms with Crippen LogP contribution in [0.3, 0.4) is 0 Å². The van der Waals surface area contributed by atoms with Crippen molar-refractivity contribution in [1.82, 2.24) is 9.62 Å². The van der Waals surface area contributed by atoms with Crippen LogP contribution >= 0.6 is 0 Å². The van der Waals surface area contributed by atoms with Crippen LogP contribution in [0, 0.1) is 26.7 Å². The lowest BCUT2D eigenvalue weighted by Gasteiger charge is -2.32. The SMILES string of the molecule is Cc1cc(C)c(S(=O)(=O)N2CC[NH+](CC(=O)N[C@H](C)C(C)C)CC2)c(C)c1. The fourth-order valence-corrected chi connectivity index (χ4v) is 5.47. The molecule has 0 radical (unpaired) electrons. The number of amides is 1. The largest absolute Gasteiger partial charge is 0.348 e. The quantitative estimate of drug-likeness (QED) is 0.742. The molecule has 1 fully saturated rings. The Morgan fingerprint density at radius 3 is 2.11 bits per heavy atom. The van der Waals surface area contributed by atoms with E-state index in [9.17, 15) is 13.2 Å². The Hall–Kier alpha value is -1.44. The summed E-state index contributed by atoms with van der Waals surface area (Å²) in [5.41, 5.74) is 2.66. The standard InChI is InChI=1S/C20H33N3O3S/c1-14(2)18(6)21-19(24)13-22-7-9-23(10-8-22)27(25,26)20-16(4)11-15(3)12-17(20)5/h11-12,14,18H,7-10,13H2,1-6H3,(H,21,24)/p+1/t18-/m1/s1. The first kappa shape index (κ1) is 21.9. The van der Waals surface area contributed by atoms with Gasteiger partial charge in [-0.25, -0.2) is 8.42 Å². The van der Waals surface area contributed by atoms with E-state index in [-0.39, 0.29) is 11.9 Å². The van der Waals surface area contributed by atoms with E-state index in [1.807, 2.05) is 39.8 Å². The highest BCUT2D eigenvalue weighted by molar-refractivity contribution is 7.89. The molecule has 1 saturated heterocycles. The summed E-state index contributed by atoms with van der Waals surface area (Å²) < 4.78 is 27.8. The number of benzene rings is 1. The fourth-order valence-electron chi connectivity index (χ4n) is 3.62. The van der Waals surface area contributed by atoms with Gasteiger partial charge in [0, 0.05) is 6.04 Å². The molecular formula is C20H34N3O3S+. The molecule has 27 heavy (non-hydrogen) atoms. The van der Waals surface area contributed by atoms with Gasteiger partial charge in [-0.1, -0.05) is 31.5 Å². The van der Waals surface area contributed by atoms with E-state index in [0.29, 0.717) is 43.5 Å². The highest BCUT2D eigenvalue weighted by atomic mass is 32.2. The van der Waals surface area contributed by atoms with Crippen LogP contribution in [0.5, 0.6) is 0 Å². The van der Waals surface area contributed by atoms with Gasteiger partial charge in [0.15, 0.2) is 6.54 Å². The molecule has 1 aliphatic rings. The van der Waals surface area contributed by atoms with Crippen molar-refractivity contribution in [2.45, 2.75) is 52.5 Å². The van der Waals surface area contributed by atoms with Crippen molar-refractivity contribution in [3.63, 3.8) is 0 Å². The zero-order valence-corrected chi connectivity index (χ0v) is 18.2. The second-order valence-electron chi connectivity index (χ2n) is 8.16. The highest BCUT2D eigenvalue weighted by Crippen LogP contribution is 2.25. The molecule has 7 heteroatoms. The minimum atomic E-state index is -3.50. The Kier molecular flexibility index (Phi) is 7.05. The third-order valence-electron chi connectivity index (χ3n) is 5.43.